The molecule has 0 spiro atoms. The van der Waals surface area contributed by atoms with Crippen molar-refractivity contribution in [2.24, 2.45) is 0 Å². The molecule has 3 nitrogen and oxygen atoms in total. The molecule has 2 aromatic rings. The third-order valence-corrected chi connectivity index (χ3v) is 2.62. The Kier molecular flexibility index (Phi) is 4.11. The summed E-state index contributed by atoms with van der Waals surface area (Å²) in [6, 6.07) is 10.2. The Morgan fingerprint density at radius 1 is 1.29 bits per heavy atom. The first-order valence-electron chi connectivity index (χ1n) is 5.81. The third kappa shape index (κ3) is 3.04. The van der Waals surface area contributed by atoms with Crippen molar-refractivity contribution in [3.63, 3.8) is 0 Å². The van der Waals surface area contributed by atoms with Gasteiger partial charge in [0.15, 0.2) is 0 Å². The molecule has 0 saturated heterocycles. The second kappa shape index (κ2) is 6.01. The molecule has 0 radical (unpaired) electrons. The number of hydrogen-bond acceptors (Lipinski definition) is 2. The molecule has 88 valence electrons. The van der Waals surface area contributed by atoms with Gasteiger partial charge in [-0.15, -0.1) is 6.58 Å². The van der Waals surface area contributed by atoms with Crippen molar-refractivity contribution in [3.8, 4) is 11.3 Å². The second-order valence-electron chi connectivity index (χ2n) is 3.89. The molecule has 0 aliphatic heterocycles. The first-order chi connectivity index (χ1) is 8.42. The third-order valence-electron chi connectivity index (χ3n) is 2.62. The normalized spacial score (nSPS) is 10.4. The summed E-state index contributed by atoms with van der Waals surface area (Å²) < 4.78 is 0. The van der Waals surface area contributed by atoms with Gasteiger partial charge in [-0.2, -0.15) is 5.10 Å². The first-order valence-corrected chi connectivity index (χ1v) is 5.81. The summed E-state index contributed by atoms with van der Waals surface area (Å²) in [7, 11) is 0. The minimum Gasteiger partial charge on any atom is -0.312 e. The average Bonchev–Trinajstić information content (AvgIpc) is 2.84. The lowest BCUT2D eigenvalue weighted by Gasteiger charge is -2.04. The minimum atomic E-state index is 0.828. The van der Waals surface area contributed by atoms with Crippen LogP contribution in [0.25, 0.3) is 11.3 Å². The molecule has 0 fully saturated rings. The fourth-order valence-corrected chi connectivity index (χ4v) is 1.73. The smallest absolute Gasteiger partial charge is 0.0695 e. The van der Waals surface area contributed by atoms with Crippen molar-refractivity contribution < 1.29 is 0 Å². The maximum Gasteiger partial charge on any atom is 0.0695 e. The topological polar surface area (TPSA) is 40.7 Å². The summed E-state index contributed by atoms with van der Waals surface area (Å²) in [5, 5.41) is 10.5. The molecule has 0 aliphatic carbocycles. The lowest BCUT2D eigenvalue weighted by atomic mass is 10.1. The van der Waals surface area contributed by atoms with Crippen LogP contribution in [-0.4, -0.2) is 16.7 Å². The fraction of sp³-hybridized carbons (Fsp3) is 0.214. The van der Waals surface area contributed by atoms with Gasteiger partial charge in [-0.25, -0.2) is 0 Å². The number of nitrogens with zero attached hydrogens (tertiary/aromatic N) is 1. The molecule has 0 bridgehead atoms. The largest absolute Gasteiger partial charge is 0.312 e. The van der Waals surface area contributed by atoms with E-state index < -0.39 is 0 Å². The molecule has 0 saturated carbocycles. The molecule has 17 heavy (non-hydrogen) atoms. The minimum absolute atomic E-state index is 0.828. The number of benzene rings is 1. The van der Waals surface area contributed by atoms with E-state index >= 15 is 0 Å². The molecule has 1 heterocycles. The summed E-state index contributed by atoms with van der Waals surface area (Å²) in [5.41, 5.74) is 3.46. The van der Waals surface area contributed by atoms with Gasteiger partial charge in [-0.1, -0.05) is 36.4 Å². The van der Waals surface area contributed by atoms with Crippen LogP contribution in [0.1, 0.15) is 12.0 Å². The van der Waals surface area contributed by atoms with Gasteiger partial charge in [0.25, 0.3) is 0 Å². The Labute approximate surface area is 102 Å². The van der Waals surface area contributed by atoms with Gasteiger partial charge in [0.05, 0.1) is 11.9 Å². The molecule has 3 heteroatoms. The quantitative estimate of drug-likeness (QED) is 0.588. The molecule has 2 rings (SSSR count). The highest BCUT2D eigenvalue weighted by Crippen LogP contribution is 2.20. The van der Waals surface area contributed by atoms with E-state index in [0.29, 0.717) is 0 Å². The first kappa shape index (κ1) is 11.6. The summed E-state index contributed by atoms with van der Waals surface area (Å²) in [6.45, 7) is 5.48. The van der Waals surface area contributed by atoms with E-state index in [9.17, 15) is 0 Å². The van der Waals surface area contributed by atoms with Crippen molar-refractivity contribution in [2.75, 3.05) is 6.54 Å². The average molecular weight is 227 g/mol. The summed E-state index contributed by atoms with van der Waals surface area (Å²) >= 11 is 0. The molecule has 0 unspecified atom stereocenters. The highest BCUT2D eigenvalue weighted by atomic mass is 15.1. The van der Waals surface area contributed by atoms with E-state index in [0.717, 1.165) is 25.2 Å². The number of nitrogens with one attached hydrogen (secondary N) is 2. The molecule has 1 aromatic carbocycles. The molecule has 0 aliphatic rings. The van der Waals surface area contributed by atoms with Crippen molar-refractivity contribution in [3.05, 3.63) is 54.7 Å². The second-order valence-corrected chi connectivity index (χ2v) is 3.89. The standard InChI is InChI=1S/C14H17N3/c1-2-3-9-15-10-13-11-16-17-14(13)12-7-5-4-6-8-12/h2,4-8,11,15H,1,3,9-10H2,(H,16,17). The van der Waals surface area contributed by atoms with Crippen LogP contribution < -0.4 is 5.32 Å². The van der Waals surface area contributed by atoms with E-state index in [1.165, 1.54) is 11.1 Å². The van der Waals surface area contributed by atoms with Crippen molar-refractivity contribution in [2.45, 2.75) is 13.0 Å². The van der Waals surface area contributed by atoms with Crippen LogP contribution in [0.2, 0.25) is 0 Å². The molecular weight excluding hydrogens is 210 g/mol. The molecule has 0 atom stereocenters. The van der Waals surface area contributed by atoms with E-state index in [-0.39, 0.29) is 0 Å². The Bertz CT molecular complexity index is 459. The highest BCUT2D eigenvalue weighted by molar-refractivity contribution is 5.62. The molecule has 1 aromatic heterocycles. The lowest BCUT2D eigenvalue weighted by Crippen LogP contribution is -2.14. The Morgan fingerprint density at radius 2 is 2.12 bits per heavy atom. The fourth-order valence-electron chi connectivity index (χ4n) is 1.73. The van der Waals surface area contributed by atoms with Gasteiger partial charge in [-0.3, -0.25) is 5.10 Å². The van der Waals surface area contributed by atoms with Gasteiger partial charge in [-0.05, 0) is 18.5 Å². The van der Waals surface area contributed by atoms with Gasteiger partial charge < -0.3 is 5.32 Å². The molecular formula is C14H17N3. The van der Waals surface area contributed by atoms with Crippen LogP contribution in [0.4, 0.5) is 0 Å². The lowest BCUT2D eigenvalue weighted by molar-refractivity contribution is 0.697. The van der Waals surface area contributed by atoms with E-state index in [1.54, 1.807) is 0 Å². The van der Waals surface area contributed by atoms with Crippen LogP contribution in [0.3, 0.4) is 0 Å². The zero-order chi connectivity index (χ0) is 11.9. The maximum absolute atomic E-state index is 4.11. The Morgan fingerprint density at radius 3 is 2.88 bits per heavy atom. The van der Waals surface area contributed by atoms with E-state index in [2.05, 4.69) is 34.2 Å². The molecule has 2 N–H and O–H groups in total. The number of aromatic amines is 1. The van der Waals surface area contributed by atoms with E-state index in [4.69, 9.17) is 0 Å². The van der Waals surface area contributed by atoms with Gasteiger partial charge >= 0.3 is 0 Å². The summed E-state index contributed by atoms with van der Waals surface area (Å²) in [4.78, 5) is 0. The van der Waals surface area contributed by atoms with Crippen LogP contribution in [0, 0.1) is 0 Å². The SMILES string of the molecule is C=CCCNCc1cn[nH]c1-c1ccccc1. The zero-order valence-electron chi connectivity index (χ0n) is 9.82. The number of aromatic nitrogens is 2. The van der Waals surface area contributed by atoms with Crippen molar-refractivity contribution >= 4 is 0 Å². The van der Waals surface area contributed by atoms with E-state index in [1.807, 2.05) is 30.5 Å². The van der Waals surface area contributed by atoms with Crippen LogP contribution in [-0.2, 0) is 6.54 Å². The maximum atomic E-state index is 4.11. The predicted octanol–water partition coefficient (Wildman–Crippen LogP) is 2.74. The number of H-pyrrole nitrogens is 1. The predicted molar refractivity (Wildman–Crippen MR) is 70.5 cm³/mol. The number of rotatable bonds is 6. The van der Waals surface area contributed by atoms with Gasteiger partial charge in [0.2, 0.25) is 0 Å². The monoisotopic (exact) mass is 227 g/mol. The highest BCUT2D eigenvalue weighted by Gasteiger charge is 2.06. The van der Waals surface area contributed by atoms with Gasteiger partial charge in [0.1, 0.15) is 0 Å². The van der Waals surface area contributed by atoms with Crippen LogP contribution in [0.15, 0.2) is 49.2 Å². The Hall–Kier alpha value is -1.87. The summed E-state index contributed by atoms with van der Waals surface area (Å²) in [6.07, 6.45) is 4.78. The Balaban J connectivity index is 2.04. The van der Waals surface area contributed by atoms with Gasteiger partial charge in [0, 0.05) is 12.1 Å². The van der Waals surface area contributed by atoms with Crippen LogP contribution >= 0.6 is 0 Å². The molecule has 0 amide bonds. The zero-order valence-corrected chi connectivity index (χ0v) is 9.82. The summed E-state index contributed by atoms with van der Waals surface area (Å²) in [5.74, 6) is 0. The van der Waals surface area contributed by atoms with Crippen molar-refractivity contribution in [1.82, 2.24) is 15.5 Å². The van der Waals surface area contributed by atoms with Crippen LogP contribution in [0.5, 0.6) is 0 Å². The van der Waals surface area contributed by atoms with Crippen molar-refractivity contribution in [1.29, 1.82) is 0 Å². The number of hydrogen-bond donors (Lipinski definition) is 2.